The van der Waals surface area contributed by atoms with Crippen LogP contribution in [0.1, 0.15) is 12.0 Å². The molecule has 1 fully saturated rings. The molecule has 2 amide bonds. The third kappa shape index (κ3) is 1.95. The fraction of sp³-hybridized carbons (Fsp3) is 0.308. The van der Waals surface area contributed by atoms with E-state index in [9.17, 15) is 4.79 Å². The van der Waals surface area contributed by atoms with Crippen LogP contribution in [0.2, 0.25) is 0 Å². The Kier molecular flexibility index (Phi) is 2.93. The predicted octanol–water partition coefficient (Wildman–Crippen LogP) is 2.40. The van der Waals surface area contributed by atoms with Gasteiger partial charge in [0.05, 0.1) is 0 Å². The first-order valence-electron chi connectivity index (χ1n) is 6.02. The van der Waals surface area contributed by atoms with Crippen LogP contribution in [0, 0.1) is 0 Å². The standard InChI is InChI=1S/C13H15N3OS/c14-16-7-3-6-15(13(16)17)8-10-9-18-12-5-2-1-4-11(10)12/h1-2,4-5,9H,3,6-8,14H2. The lowest BCUT2D eigenvalue weighted by molar-refractivity contribution is 0.127. The Morgan fingerprint density at radius 1 is 1.28 bits per heavy atom. The van der Waals surface area contributed by atoms with Crippen LogP contribution in [0.3, 0.4) is 0 Å². The molecule has 1 aliphatic heterocycles. The van der Waals surface area contributed by atoms with Gasteiger partial charge in [-0.25, -0.2) is 10.6 Å². The minimum absolute atomic E-state index is 0.0727. The van der Waals surface area contributed by atoms with Gasteiger partial charge in [0.2, 0.25) is 0 Å². The second-order valence-corrected chi connectivity index (χ2v) is 5.42. The molecule has 94 valence electrons. The molecule has 1 aromatic carbocycles. The summed E-state index contributed by atoms with van der Waals surface area (Å²) in [6.45, 7) is 2.09. The number of benzene rings is 1. The molecule has 0 bridgehead atoms. The number of rotatable bonds is 2. The van der Waals surface area contributed by atoms with Gasteiger partial charge in [-0.3, -0.25) is 5.01 Å². The number of thiophene rings is 1. The zero-order valence-corrected chi connectivity index (χ0v) is 10.8. The molecule has 0 spiro atoms. The van der Waals surface area contributed by atoms with Crippen molar-refractivity contribution < 1.29 is 4.79 Å². The van der Waals surface area contributed by atoms with Crippen LogP contribution >= 0.6 is 11.3 Å². The van der Waals surface area contributed by atoms with Crippen molar-refractivity contribution in [2.75, 3.05) is 13.1 Å². The van der Waals surface area contributed by atoms with E-state index in [1.165, 1.54) is 20.7 Å². The van der Waals surface area contributed by atoms with E-state index >= 15 is 0 Å². The molecule has 2 heterocycles. The number of nitrogens with zero attached hydrogens (tertiary/aromatic N) is 2. The van der Waals surface area contributed by atoms with Gasteiger partial charge in [0.15, 0.2) is 0 Å². The molecule has 18 heavy (non-hydrogen) atoms. The number of hydrogen-bond donors (Lipinski definition) is 1. The molecule has 0 radical (unpaired) electrons. The number of carbonyl (C=O) groups is 1. The van der Waals surface area contributed by atoms with Crippen molar-refractivity contribution in [3.63, 3.8) is 0 Å². The fourth-order valence-corrected chi connectivity index (χ4v) is 3.27. The summed E-state index contributed by atoms with van der Waals surface area (Å²) < 4.78 is 1.27. The van der Waals surface area contributed by atoms with Crippen molar-refractivity contribution in [3.8, 4) is 0 Å². The molecule has 4 nitrogen and oxygen atoms in total. The molecule has 0 aliphatic carbocycles. The average molecular weight is 261 g/mol. The van der Waals surface area contributed by atoms with Gasteiger partial charge in [0.25, 0.3) is 0 Å². The van der Waals surface area contributed by atoms with E-state index in [2.05, 4.69) is 17.5 Å². The maximum Gasteiger partial charge on any atom is 0.334 e. The van der Waals surface area contributed by atoms with Crippen molar-refractivity contribution in [2.45, 2.75) is 13.0 Å². The largest absolute Gasteiger partial charge is 0.334 e. The molecule has 0 unspecified atom stereocenters. The zero-order valence-electron chi connectivity index (χ0n) is 10.0. The molecule has 2 aromatic rings. The van der Waals surface area contributed by atoms with Gasteiger partial charge in [-0.15, -0.1) is 11.3 Å². The number of nitrogens with two attached hydrogens (primary N) is 1. The Hall–Kier alpha value is -1.59. The highest BCUT2D eigenvalue weighted by Gasteiger charge is 2.23. The van der Waals surface area contributed by atoms with E-state index in [0.29, 0.717) is 13.1 Å². The summed E-state index contributed by atoms with van der Waals surface area (Å²) in [5, 5.41) is 4.68. The minimum Gasteiger partial charge on any atom is -0.319 e. The lowest BCUT2D eigenvalue weighted by Crippen LogP contribution is -2.51. The maximum absolute atomic E-state index is 11.9. The second-order valence-electron chi connectivity index (χ2n) is 4.51. The number of hydrazine groups is 1. The average Bonchev–Trinajstić information content (AvgIpc) is 2.79. The predicted molar refractivity (Wildman–Crippen MR) is 73.1 cm³/mol. The van der Waals surface area contributed by atoms with E-state index in [1.807, 2.05) is 17.0 Å². The van der Waals surface area contributed by atoms with Gasteiger partial charge in [-0.05, 0) is 28.8 Å². The van der Waals surface area contributed by atoms with Crippen LogP contribution in [0.5, 0.6) is 0 Å². The van der Waals surface area contributed by atoms with Crippen molar-refractivity contribution in [1.82, 2.24) is 9.91 Å². The molecule has 1 saturated heterocycles. The molecular formula is C13H15N3OS. The molecule has 1 aromatic heterocycles. The third-order valence-corrected chi connectivity index (χ3v) is 4.28. The van der Waals surface area contributed by atoms with Crippen LogP contribution in [0.25, 0.3) is 10.1 Å². The highest BCUT2D eigenvalue weighted by Crippen LogP contribution is 2.27. The van der Waals surface area contributed by atoms with E-state index < -0.39 is 0 Å². The Morgan fingerprint density at radius 3 is 3.00 bits per heavy atom. The second kappa shape index (κ2) is 4.59. The van der Waals surface area contributed by atoms with E-state index in [-0.39, 0.29) is 6.03 Å². The van der Waals surface area contributed by atoms with E-state index in [4.69, 9.17) is 5.84 Å². The molecule has 0 atom stereocenters. The summed E-state index contributed by atoms with van der Waals surface area (Å²) >= 11 is 1.72. The van der Waals surface area contributed by atoms with Crippen LogP contribution in [-0.2, 0) is 6.54 Å². The Bertz CT molecular complexity index is 580. The number of carbonyl (C=O) groups excluding carboxylic acids is 1. The fourth-order valence-electron chi connectivity index (χ4n) is 2.31. The molecular weight excluding hydrogens is 246 g/mol. The van der Waals surface area contributed by atoms with Gasteiger partial charge in [0, 0.05) is 24.3 Å². The van der Waals surface area contributed by atoms with Gasteiger partial charge >= 0.3 is 6.03 Å². The molecule has 0 saturated carbocycles. The van der Waals surface area contributed by atoms with Crippen molar-refractivity contribution >= 4 is 27.5 Å². The highest BCUT2D eigenvalue weighted by atomic mass is 32.1. The van der Waals surface area contributed by atoms with Crippen molar-refractivity contribution in [2.24, 2.45) is 5.84 Å². The number of fused-ring (bicyclic) bond motifs is 1. The van der Waals surface area contributed by atoms with Crippen molar-refractivity contribution in [3.05, 3.63) is 35.2 Å². The summed E-state index contributed by atoms with van der Waals surface area (Å²) in [7, 11) is 0. The maximum atomic E-state index is 11.9. The lowest BCUT2D eigenvalue weighted by Gasteiger charge is -2.32. The van der Waals surface area contributed by atoms with Crippen LogP contribution in [-0.4, -0.2) is 29.0 Å². The smallest absolute Gasteiger partial charge is 0.319 e. The van der Waals surface area contributed by atoms with Crippen molar-refractivity contribution in [1.29, 1.82) is 0 Å². The zero-order chi connectivity index (χ0) is 12.5. The molecule has 2 N–H and O–H groups in total. The number of urea groups is 1. The monoisotopic (exact) mass is 261 g/mol. The summed E-state index contributed by atoms with van der Waals surface area (Å²) in [5.74, 6) is 5.65. The highest BCUT2D eigenvalue weighted by molar-refractivity contribution is 7.17. The first-order chi connectivity index (χ1) is 8.75. The van der Waals surface area contributed by atoms with Gasteiger partial charge in [-0.1, -0.05) is 18.2 Å². The van der Waals surface area contributed by atoms with Crippen LogP contribution in [0.4, 0.5) is 4.79 Å². The lowest BCUT2D eigenvalue weighted by atomic mass is 10.1. The molecule has 5 heteroatoms. The summed E-state index contributed by atoms with van der Waals surface area (Å²) in [5.41, 5.74) is 1.21. The molecule has 1 aliphatic rings. The summed E-state index contributed by atoms with van der Waals surface area (Å²) in [6.07, 6.45) is 0.935. The van der Waals surface area contributed by atoms with E-state index in [0.717, 1.165) is 13.0 Å². The third-order valence-electron chi connectivity index (χ3n) is 3.27. The van der Waals surface area contributed by atoms with Crippen LogP contribution in [0.15, 0.2) is 29.6 Å². The topological polar surface area (TPSA) is 49.6 Å². The number of hydrogen-bond acceptors (Lipinski definition) is 3. The normalized spacial score (nSPS) is 16.6. The minimum atomic E-state index is -0.0727. The Labute approximate surface area is 110 Å². The van der Waals surface area contributed by atoms with Gasteiger partial charge < -0.3 is 4.90 Å². The van der Waals surface area contributed by atoms with Gasteiger partial charge in [0.1, 0.15) is 0 Å². The van der Waals surface area contributed by atoms with Crippen LogP contribution < -0.4 is 5.84 Å². The Morgan fingerprint density at radius 2 is 2.11 bits per heavy atom. The van der Waals surface area contributed by atoms with E-state index in [1.54, 1.807) is 11.3 Å². The quantitative estimate of drug-likeness (QED) is 0.666. The molecule has 3 rings (SSSR count). The van der Waals surface area contributed by atoms with Gasteiger partial charge in [-0.2, -0.15) is 0 Å². The summed E-state index contributed by atoms with van der Waals surface area (Å²) in [4.78, 5) is 13.7. The first-order valence-corrected chi connectivity index (χ1v) is 6.90. The number of amides is 2. The Balaban J connectivity index is 1.86. The SMILES string of the molecule is NN1CCCN(Cc2csc3ccccc23)C1=O. The first kappa shape index (κ1) is 11.5. The summed E-state index contributed by atoms with van der Waals surface area (Å²) in [6, 6.07) is 8.21.